The van der Waals surface area contributed by atoms with Crippen LogP contribution < -0.4 is 0 Å². The van der Waals surface area contributed by atoms with Crippen molar-refractivity contribution >= 4 is 16.5 Å². The molecule has 1 aliphatic heterocycles. The predicted molar refractivity (Wildman–Crippen MR) is 98.0 cm³/mol. The lowest BCUT2D eigenvalue weighted by molar-refractivity contribution is 0.377. The van der Waals surface area contributed by atoms with Crippen molar-refractivity contribution in [2.75, 3.05) is 19.6 Å². The number of hydrogen-bond donors (Lipinski definition) is 1. The summed E-state index contributed by atoms with van der Waals surface area (Å²) >= 11 is 0. The van der Waals surface area contributed by atoms with E-state index in [0.29, 0.717) is 5.92 Å². The number of nitrogens with one attached hydrogen (secondary N) is 1. The van der Waals surface area contributed by atoms with Crippen molar-refractivity contribution in [2.45, 2.75) is 18.8 Å². The van der Waals surface area contributed by atoms with Gasteiger partial charge in [0.1, 0.15) is 0 Å². The molecule has 3 aromatic rings. The van der Waals surface area contributed by atoms with Crippen LogP contribution >= 0.6 is 0 Å². The topological polar surface area (TPSA) is 31.9 Å². The highest BCUT2D eigenvalue weighted by atomic mass is 15.1. The van der Waals surface area contributed by atoms with Crippen LogP contribution in [0.2, 0.25) is 0 Å². The molecule has 0 radical (unpaired) electrons. The van der Waals surface area contributed by atoms with Crippen LogP contribution in [0.1, 0.15) is 29.0 Å². The van der Waals surface area contributed by atoms with Gasteiger partial charge < -0.3 is 0 Å². The van der Waals surface area contributed by atoms with Gasteiger partial charge in [0.2, 0.25) is 0 Å². The SMILES string of the molecule is C1=C(CN2CCC(c3ccc4cn[nH]c4c3)C2)c2ccccc2C1. The van der Waals surface area contributed by atoms with E-state index in [0.717, 1.165) is 25.0 Å². The summed E-state index contributed by atoms with van der Waals surface area (Å²) in [5, 5.41) is 8.42. The van der Waals surface area contributed by atoms with Crippen LogP contribution in [0, 0.1) is 0 Å². The number of nitrogens with zero attached hydrogens (tertiary/aromatic N) is 2. The number of aromatic nitrogens is 2. The van der Waals surface area contributed by atoms with Crippen molar-refractivity contribution in [3.63, 3.8) is 0 Å². The fourth-order valence-corrected chi connectivity index (χ4v) is 4.20. The van der Waals surface area contributed by atoms with Crippen molar-refractivity contribution < 1.29 is 0 Å². The molecule has 0 bridgehead atoms. The first-order valence-electron chi connectivity index (χ1n) is 8.79. The molecule has 0 amide bonds. The lowest BCUT2D eigenvalue weighted by Gasteiger charge is -2.18. The Labute approximate surface area is 142 Å². The molecule has 5 rings (SSSR count). The van der Waals surface area contributed by atoms with E-state index >= 15 is 0 Å². The van der Waals surface area contributed by atoms with Crippen molar-refractivity contribution in [1.29, 1.82) is 0 Å². The van der Waals surface area contributed by atoms with Gasteiger partial charge in [-0.1, -0.05) is 42.5 Å². The van der Waals surface area contributed by atoms with E-state index in [9.17, 15) is 0 Å². The summed E-state index contributed by atoms with van der Waals surface area (Å²) in [6.07, 6.45) is 6.65. The minimum atomic E-state index is 0.634. The molecule has 3 heteroatoms. The normalized spacial score (nSPS) is 20.5. The van der Waals surface area contributed by atoms with Crippen LogP contribution in [0.25, 0.3) is 16.5 Å². The smallest absolute Gasteiger partial charge is 0.0653 e. The molecular weight excluding hydrogens is 294 g/mol. The molecule has 1 aromatic heterocycles. The summed E-state index contributed by atoms with van der Waals surface area (Å²) in [5.74, 6) is 0.634. The molecule has 1 unspecified atom stereocenters. The van der Waals surface area contributed by atoms with E-state index in [4.69, 9.17) is 0 Å². The fraction of sp³-hybridized carbons (Fsp3) is 0.286. The second-order valence-corrected chi connectivity index (χ2v) is 7.03. The Morgan fingerprint density at radius 3 is 3.12 bits per heavy atom. The third kappa shape index (κ3) is 2.36. The van der Waals surface area contributed by atoms with Gasteiger partial charge >= 0.3 is 0 Å². The number of H-pyrrole nitrogens is 1. The van der Waals surface area contributed by atoms with Crippen molar-refractivity contribution in [1.82, 2.24) is 15.1 Å². The quantitative estimate of drug-likeness (QED) is 0.792. The molecule has 2 aromatic carbocycles. The Morgan fingerprint density at radius 1 is 1.17 bits per heavy atom. The summed E-state index contributed by atoms with van der Waals surface area (Å²) in [7, 11) is 0. The van der Waals surface area contributed by atoms with Crippen LogP contribution in [0.4, 0.5) is 0 Å². The summed E-state index contributed by atoms with van der Waals surface area (Å²) in [4.78, 5) is 2.61. The Balaban J connectivity index is 1.31. The summed E-state index contributed by atoms with van der Waals surface area (Å²) in [6.45, 7) is 3.42. The molecule has 1 saturated heterocycles. The maximum absolute atomic E-state index is 4.13. The molecule has 1 fully saturated rings. The average molecular weight is 315 g/mol. The van der Waals surface area contributed by atoms with E-state index in [2.05, 4.69) is 63.6 Å². The molecule has 1 aliphatic carbocycles. The van der Waals surface area contributed by atoms with E-state index in [-0.39, 0.29) is 0 Å². The van der Waals surface area contributed by atoms with Crippen LogP contribution in [-0.2, 0) is 6.42 Å². The maximum Gasteiger partial charge on any atom is 0.0653 e. The summed E-state index contributed by atoms with van der Waals surface area (Å²) < 4.78 is 0. The van der Waals surface area contributed by atoms with E-state index < -0.39 is 0 Å². The molecular formula is C21H21N3. The van der Waals surface area contributed by atoms with Crippen LogP contribution in [-0.4, -0.2) is 34.7 Å². The van der Waals surface area contributed by atoms with Crippen molar-refractivity contribution in [3.8, 4) is 0 Å². The van der Waals surface area contributed by atoms with Gasteiger partial charge in [-0.25, -0.2) is 0 Å². The Hall–Kier alpha value is -2.39. The minimum Gasteiger partial charge on any atom is -0.298 e. The van der Waals surface area contributed by atoms with Crippen LogP contribution in [0.5, 0.6) is 0 Å². The monoisotopic (exact) mass is 315 g/mol. The highest BCUT2D eigenvalue weighted by Crippen LogP contribution is 2.32. The maximum atomic E-state index is 4.13. The van der Waals surface area contributed by atoms with Crippen LogP contribution in [0.3, 0.4) is 0 Å². The number of hydrogen-bond acceptors (Lipinski definition) is 2. The molecule has 0 spiro atoms. The summed E-state index contributed by atoms with van der Waals surface area (Å²) in [5.41, 5.74) is 7.04. The van der Waals surface area contributed by atoms with E-state index in [1.807, 2.05) is 6.20 Å². The molecule has 120 valence electrons. The number of allylic oxidation sites excluding steroid dienone is 1. The van der Waals surface area contributed by atoms with Gasteiger partial charge in [-0.05, 0) is 53.6 Å². The number of aromatic amines is 1. The predicted octanol–water partition coefficient (Wildman–Crippen LogP) is 3.99. The number of benzene rings is 2. The van der Waals surface area contributed by atoms with Gasteiger partial charge in [-0.2, -0.15) is 5.10 Å². The van der Waals surface area contributed by atoms with Gasteiger partial charge in [0.05, 0.1) is 11.7 Å². The lowest BCUT2D eigenvalue weighted by Crippen LogP contribution is -2.22. The second-order valence-electron chi connectivity index (χ2n) is 7.03. The first kappa shape index (κ1) is 14.0. The number of fused-ring (bicyclic) bond motifs is 2. The zero-order valence-corrected chi connectivity index (χ0v) is 13.7. The minimum absolute atomic E-state index is 0.634. The van der Waals surface area contributed by atoms with Gasteiger partial charge in [-0.3, -0.25) is 10.00 Å². The number of rotatable bonds is 3. The molecule has 24 heavy (non-hydrogen) atoms. The first-order valence-corrected chi connectivity index (χ1v) is 8.79. The Bertz CT molecular complexity index is 921. The number of likely N-dealkylation sites (tertiary alicyclic amines) is 1. The Kier molecular flexibility index (Phi) is 3.27. The second kappa shape index (κ2) is 5.60. The third-order valence-electron chi connectivity index (χ3n) is 5.54. The molecule has 1 atom stereocenters. The van der Waals surface area contributed by atoms with Gasteiger partial charge in [0.15, 0.2) is 0 Å². The summed E-state index contributed by atoms with van der Waals surface area (Å²) in [6, 6.07) is 15.6. The zero-order chi connectivity index (χ0) is 15.9. The standard InChI is InChI=1S/C21H21N3/c1-2-4-20-15(3-1)5-8-19(20)14-24-10-9-18(13-24)16-6-7-17-12-22-23-21(17)11-16/h1-4,6-8,11-12,18H,5,9-10,13-14H2,(H,22,23). The highest BCUT2D eigenvalue weighted by molar-refractivity contribution is 5.78. The molecule has 1 N–H and O–H groups in total. The largest absolute Gasteiger partial charge is 0.298 e. The van der Waals surface area contributed by atoms with E-state index in [1.54, 1.807) is 0 Å². The third-order valence-corrected chi connectivity index (χ3v) is 5.54. The molecule has 0 saturated carbocycles. The van der Waals surface area contributed by atoms with Gasteiger partial charge in [0.25, 0.3) is 0 Å². The first-order chi connectivity index (χ1) is 11.9. The molecule has 2 aliphatic rings. The molecule has 2 heterocycles. The molecule has 3 nitrogen and oxygen atoms in total. The zero-order valence-electron chi connectivity index (χ0n) is 13.7. The van der Waals surface area contributed by atoms with Gasteiger partial charge in [-0.15, -0.1) is 0 Å². The van der Waals surface area contributed by atoms with Crippen molar-refractivity contribution in [2.24, 2.45) is 0 Å². The van der Waals surface area contributed by atoms with Crippen molar-refractivity contribution in [3.05, 3.63) is 71.4 Å². The highest BCUT2D eigenvalue weighted by Gasteiger charge is 2.26. The van der Waals surface area contributed by atoms with Gasteiger partial charge in [0, 0.05) is 18.5 Å². The van der Waals surface area contributed by atoms with Crippen LogP contribution in [0.15, 0.2) is 54.7 Å². The van der Waals surface area contributed by atoms with E-state index in [1.165, 1.54) is 40.6 Å². The fourth-order valence-electron chi connectivity index (χ4n) is 4.20. The average Bonchev–Trinajstić information content (AvgIpc) is 3.34. The Morgan fingerprint density at radius 2 is 2.12 bits per heavy atom. The lowest BCUT2D eigenvalue weighted by atomic mass is 9.97.